The van der Waals surface area contributed by atoms with Gasteiger partial charge in [0.05, 0.1) is 17.5 Å². The Balaban J connectivity index is 2.34. The molecule has 1 aromatic carbocycles. The summed E-state index contributed by atoms with van der Waals surface area (Å²) in [5, 5.41) is 5.05. The zero-order valence-corrected chi connectivity index (χ0v) is 12.4. The van der Waals surface area contributed by atoms with Crippen molar-refractivity contribution in [2.24, 2.45) is 0 Å². The summed E-state index contributed by atoms with van der Waals surface area (Å²) in [6.45, 7) is 3.94. The molecule has 0 radical (unpaired) electrons. The minimum absolute atomic E-state index is 0.129. The molecule has 1 rings (SSSR count). The van der Waals surface area contributed by atoms with Gasteiger partial charge in [0, 0.05) is 5.69 Å². The fourth-order valence-corrected chi connectivity index (χ4v) is 2.10. The molecule has 0 spiro atoms. The van der Waals surface area contributed by atoms with Gasteiger partial charge in [0.25, 0.3) is 0 Å². The van der Waals surface area contributed by atoms with Crippen LogP contribution in [0.1, 0.15) is 12.5 Å². The molecule has 0 bridgehead atoms. The van der Waals surface area contributed by atoms with E-state index in [1.807, 2.05) is 31.2 Å². The average molecular weight is 290 g/mol. The monoisotopic (exact) mass is 290 g/mol. The van der Waals surface area contributed by atoms with E-state index < -0.39 is 0 Å². The third-order valence-electron chi connectivity index (χ3n) is 2.53. The maximum absolute atomic E-state index is 11.7. The number of carbonyl (C=O) groups excluding carboxylic acids is 2. The molecule has 1 unspecified atom stereocenters. The lowest BCUT2D eigenvalue weighted by Crippen LogP contribution is -2.32. The zero-order chi connectivity index (χ0) is 15.0. The second kappa shape index (κ2) is 8.28. The number of aryl methyl sites for hydroxylation is 1. The van der Waals surface area contributed by atoms with Crippen molar-refractivity contribution in [1.29, 1.82) is 0 Å². The van der Waals surface area contributed by atoms with Crippen LogP contribution in [0.25, 0.3) is 0 Å². The maximum Gasteiger partial charge on any atom is 0.234 e. The lowest BCUT2D eigenvalue weighted by Gasteiger charge is -2.10. The first kappa shape index (κ1) is 16.1. The quantitative estimate of drug-likeness (QED) is 0.786. The van der Waals surface area contributed by atoms with Crippen molar-refractivity contribution < 1.29 is 9.59 Å². The number of hydrogen-bond acceptors (Lipinski definition) is 3. The van der Waals surface area contributed by atoms with Crippen LogP contribution in [0.4, 0.5) is 5.69 Å². The molecule has 0 fully saturated rings. The Kier molecular flexibility index (Phi) is 6.68. The molecule has 0 heterocycles. The van der Waals surface area contributed by atoms with E-state index in [2.05, 4.69) is 16.6 Å². The van der Waals surface area contributed by atoms with Crippen LogP contribution < -0.4 is 10.6 Å². The van der Waals surface area contributed by atoms with Crippen molar-refractivity contribution in [3.8, 4) is 12.3 Å². The Morgan fingerprint density at radius 2 is 2.00 bits per heavy atom. The molecule has 0 aliphatic carbocycles. The summed E-state index contributed by atoms with van der Waals surface area (Å²) in [6, 6.07) is 7.55. The zero-order valence-electron chi connectivity index (χ0n) is 11.6. The van der Waals surface area contributed by atoms with Gasteiger partial charge in [-0.3, -0.25) is 9.59 Å². The fraction of sp³-hybridized carbons (Fsp3) is 0.333. The predicted molar refractivity (Wildman–Crippen MR) is 83.6 cm³/mol. The molecule has 2 amide bonds. The summed E-state index contributed by atoms with van der Waals surface area (Å²) >= 11 is 1.27. The number of hydrogen-bond donors (Lipinski definition) is 2. The van der Waals surface area contributed by atoms with Crippen LogP contribution in [0.3, 0.4) is 0 Å². The number of terminal acetylenes is 1. The van der Waals surface area contributed by atoms with E-state index in [0.29, 0.717) is 0 Å². The van der Waals surface area contributed by atoms with E-state index in [1.54, 1.807) is 6.92 Å². The first-order chi connectivity index (χ1) is 9.52. The topological polar surface area (TPSA) is 58.2 Å². The van der Waals surface area contributed by atoms with Crippen LogP contribution in [0.15, 0.2) is 24.3 Å². The summed E-state index contributed by atoms with van der Waals surface area (Å²) < 4.78 is 0. The molecule has 1 atom stereocenters. The lowest BCUT2D eigenvalue weighted by atomic mass is 10.2. The summed E-state index contributed by atoms with van der Waals surface area (Å²) in [7, 11) is 0. The molecular formula is C15H18N2O2S. The van der Waals surface area contributed by atoms with Crippen molar-refractivity contribution in [2.75, 3.05) is 17.6 Å². The molecule has 1 aromatic rings. The van der Waals surface area contributed by atoms with Crippen molar-refractivity contribution in [3.05, 3.63) is 29.8 Å². The normalized spacial score (nSPS) is 11.2. The van der Waals surface area contributed by atoms with Crippen molar-refractivity contribution >= 4 is 29.3 Å². The Bertz CT molecular complexity index is 506. The van der Waals surface area contributed by atoms with E-state index >= 15 is 0 Å². The lowest BCUT2D eigenvalue weighted by molar-refractivity contribution is -0.120. The number of carbonyl (C=O) groups is 2. The van der Waals surface area contributed by atoms with E-state index in [1.165, 1.54) is 11.8 Å². The number of nitrogens with one attached hydrogen (secondary N) is 2. The molecule has 0 aliphatic heterocycles. The molecule has 106 valence electrons. The van der Waals surface area contributed by atoms with Crippen LogP contribution in [-0.2, 0) is 9.59 Å². The molecule has 0 saturated carbocycles. The van der Waals surface area contributed by atoms with Gasteiger partial charge in [-0.2, -0.15) is 0 Å². The molecule has 20 heavy (non-hydrogen) atoms. The van der Waals surface area contributed by atoms with E-state index in [0.717, 1.165) is 11.3 Å². The first-order valence-corrected chi connectivity index (χ1v) is 7.27. The number of benzene rings is 1. The summed E-state index contributed by atoms with van der Waals surface area (Å²) in [4.78, 5) is 23.3. The predicted octanol–water partition coefficient (Wildman–Crippen LogP) is 1.80. The van der Waals surface area contributed by atoms with Gasteiger partial charge in [0.2, 0.25) is 11.8 Å². The number of thioether (sulfide) groups is 1. The summed E-state index contributed by atoms with van der Waals surface area (Å²) in [5.74, 6) is 2.27. The van der Waals surface area contributed by atoms with Crippen LogP contribution >= 0.6 is 11.8 Å². The number of rotatable bonds is 6. The maximum atomic E-state index is 11.7. The highest BCUT2D eigenvalue weighted by Gasteiger charge is 2.14. The highest BCUT2D eigenvalue weighted by Crippen LogP contribution is 2.13. The second-order valence-electron chi connectivity index (χ2n) is 4.29. The molecule has 0 aliphatic rings. The third-order valence-corrected chi connectivity index (χ3v) is 3.68. The molecule has 5 heteroatoms. The Morgan fingerprint density at radius 1 is 1.35 bits per heavy atom. The summed E-state index contributed by atoms with van der Waals surface area (Å²) in [6.07, 6.45) is 5.06. The fourth-order valence-electron chi connectivity index (χ4n) is 1.39. The third kappa shape index (κ3) is 5.81. The van der Waals surface area contributed by atoms with Gasteiger partial charge in [-0.1, -0.05) is 23.6 Å². The SMILES string of the molecule is C#CCNC(=O)C(C)SCC(=O)Nc1ccc(C)cc1. The smallest absolute Gasteiger partial charge is 0.234 e. The second-order valence-corrected chi connectivity index (χ2v) is 5.62. The molecule has 0 aromatic heterocycles. The first-order valence-electron chi connectivity index (χ1n) is 6.22. The van der Waals surface area contributed by atoms with Gasteiger partial charge >= 0.3 is 0 Å². The molecule has 4 nitrogen and oxygen atoms in total. The van der Waals surface area contributed by atoms with Gasteiger partial charge in [0.1, 0.15) is 0 Å². The average Bonchev–Trinajstić information content (AvgIpc) is 2.44. The minimum atomic E-state index is -0.313. The largest absolute Gasteiger partial charge is 0.344 e. The highest BCUT2D eigenvalue weighted by atomic mass is 32.2. The van der Waals surface area contributed by atoms with Crippen LogP contribution in [-0.4, -0.2) is 29.4 Å². The van der Waals surface area contributed by atoms with Crippen LogP contribution in [0.2, 0.25) is 0 Å². The van der Waals surface area contributed by atoms with Gasteiger partial charge in [-0.15, -0.1) is 18.2 Å². The van der Waals surface area contributed by atoms with Crippen molar-refractivity contribution in [2.45, 2.75) is 19.1 Å². The molecule has 0 saturated heterocycles. The van der Waals surface area contributed by atoms with Crippen LogP contribution in [0, 0.1) is 19.3 Å². The van der Waals surface area contributed by atoms with Crippen molar-refractivity contribution in [1.82, 2.24) is 5.32 Å². The minimum Gasteiger partial charge on any atom is -0.344 e. The van der Waals surface area contributed by atoms with Gasteiger partial charge in [-0.05, 0) is 26.0 Å². The highest BCUT2D eigenvalue weighted by molar-refractivity contribution is 8.01. The van der Waals surface area contributed by atoms with Crippen molar-refractivity contribution in [3.63, 3.8) is 0 Å². The Hall–Kier alpha value is -1.93. The van der Waals surface area contributed by atoms with E-state index in [-0.39, 0.29) is 29.4 Å². The van der Waals surface area contributed by atoms with Gasteiger partial charge in [-0.25, -0.2) is 0 Å². The van der Waals surface area contributed by atoms with Crippen LogP contribution in [0.5, 0.6) is 0 Å². The molecule has 2 N–H and O–H groups in total. The van der Waals surface area contributed by atoms with Gasteiger partial charge < -0.3 is 10.6 Å². The number of amides is 2. The van der Waals surface area contributed by atoms with E-state index in [4.69, 9.17) is 6.42 Å². The summed E-state index contributed by atoms with van der Waals surface area (Å²) in [5.41, 5.74) is 1.89. The molecular weight excluding hydrogens is 272 g/mol. The Morgan fingerprint density at radius 3 is 2.60 bits per heavy atom. The van der Waals surface area contributed by atoms with Gasteiger partial charge in [0.15, 0.2) is 0 Å². The number of anilines is 1. The van der Waals surface area contributed by atoms with E-state index in [9.17, 15) is 9.59 Å². The Labute approximate surface area is 123 Å². The standard InChI is InChI=1S/C15H18N2O2S/c1-4-9-16-15(19)12(3)20-10-14(18)17-13-7-5-11(2)6-8-13/h1,5-8,12H,9-10H2,2-3H3,(H,16,19)(H,17,18).